The largest absolute Gasteiger partial charge is 0.370 e. The third-order valence-corrected chi connectivity index (χ3v) is 2.84. The molecule has 0 bridgehead atoms. The molecule has 0 aliphatic rings. The maximum atomic E-state index is 5.65. The molecule has 0 unspecified atom stereocenters. The number of nitrogens with one attached hydrogen (secondary N) is 1. The Bertz CT molecular complexity index is 347. The van der Waals surface area contributed by atoms with Crippen LogP contribution >= 0.6 is 15.9 Å². The number of guanidine groups is 1. The van der Waals surface area contributed by atoms with Gasteiger partial charge in [-0.15, -0.1) is 0 Å². The molecule has 0 spiro atoms. The van der Waals surface area contributed by atoms with Crippen molar-refractivity contribution >= 4 is 27.6 Å². The van der Waals surface area contributed by atoms with Crippen LogP contribution in [0.15, 0.2) is 27.7 Å². The molecule has 0 fully saturated rings. The molecular weight excluding hydrogens is 242 g/mol. The molecule has 14 heavy (non-hydrogen) atoms. The number of aliphatic imine (C=N–C) groups is 1. The lowest BCUT2D eigenvalue weighted by Crippen LogP contribution is -2.22. The molecule has 3 N–H and O–H groups in total. The second kappa shape index (κ2) is 5.00. The van der Waals surface area contributed by atoms with Crippen molar-refractivity contribution in [3.8, 4) is 0 Å². The van der Waals surface area contributed by atoms with Crippen LogP contribution in [0.4, 0.5) is 5.69 Å². The van der Waals surface area contributed by atoms with Crippen LogP contribution in [0, 0.1) is 6.92 Å². The first-order valence-corrected chi connectivity index (χ1v) is 5.26. The number of nitrogens with two attached hydrogens (primary N) is 1. The van der Waals surface area contributed by atoms with Gasteiger partial charge in [0, 0.05) is 11.0 Å². The molecule has 0 saturated heterocycles. The van der Waals surface area contributed by atoms with Crippen LogP contribution in [0.25, 0.3) is 0 Å². The number of aryl methyl sites for hydroxylation is 1. The standard InChI is InChI=1S/C10H14BrN3/c1-3-13-10(12)14-8-6-4-5-7(2)9(8)11/h4-6H,3H2,1-2H3,(H3,12,13,14). The number of halogens is 1. The zero-order valence-corrected chi connectivity index (χ0v) is 9.93. The Kier molecular flexibility index (Phi) is 3.95. The van der Waals surface area contributed by atoms with E-state index < -0.39 is 0 Å². The number of rotatable bonds is 2. The van der Waals surface area contributed by atoms with Gasteiger partial charge in [0.15, 0.2) is 5.96 Å². The van der Waals surface area contributed by atoms with Gasteiger partial charge in [0.05, 0.1) is 5.69 Å². The van der Waals surface area contributed by atoms with E-state index in [9.17, 15) is 0 Å². The highest BCUT2D eigenvalue weighted by Crippen LogP contribution is 2.25. The number of hydrogen-bond donors (Lipinski definition) is 2. The van der Waals surface area contributed by atoms with Crippen LogP contribution in [0.3, 0.4) is 0 Å². The Labute approximate surface area is 92.5 Å². The molecule has 3 nitrogen and oxygen atoms in total. The van der Waals surface area contributed by atoms with Gasteiger partial charge in [-0.05, 0) is 41.4 Å². The van der Waals surface area contributed by atoms with Crippen molar-refractivity contribution in [3.63, 3.8) is 0 Å². The number of hydrogen-bond acceptors (Lipinski definition) is 1. The van der Waals surface area contributed by atoms with Crippen LogP contribution in [0.5, 0.6) is 0 Å². The van der Waals surface area contributed by atoms with Gasteiger partial charge in [0.2, 0.25) is 0 Å². The van der Waals surface area contributed by atoms with Crippen LogP contribution in [-0.2, 0) is 0 Å². The summed E-state index contributed by atoms with van der Waals surface area (Å²) in [5, 5.41) is 3.03. The van der Waals surface area contributed by atoms with Gasteiger partial charge in [0.1, 0.15) is 0 Å². The smallest absolute Gasteiger partial charge is 0.193 e. The lowest BCUT2D eigenvalue weighted by molar-refractivity contribution is 1.12. The number of nitrogens with zero attached hydrogens (tertiary/aromatic N) is 1. The summed E-state index contributed by atoms with van der Waals surface area (Å²) in [5.41, 5.74) is 7.76. The maximum Gasteiger partial charge on any atom is 0.193 e. The summed E-state index contributed by atoms with van der Waals surface area (Å²) in [6.45, 7) is 4.66. The number of benzene rings is 1. The first-order valence-electron chi connectivity index (χ1n) is 4.47. The summed E-state index contributed by atoms with van der Waals surface area (Å²) in [4.78, 5) is 4.05. The van der Waals surface area contributed by atoms with Crippen molar-refractivity contribution in [2.45, 2.75) is 13.8 Å². The lowest BCUT2D eigenvalue weighted by Gasteiger charge is -2.08. The SMILES string of the molecule is CCN=C(N)Nc1cccc(C)c1Br. The van der Waals surface area contributed by atoms with Gasteiger partial charge < -0.3 is 11.1 Å². The lowest BCUT2D eigenvalue weighted by atomic mass is 10.2. The molecule has 0 radical (unpaired) electrons. The Morgan fingerprint density at radius 2 is 2.29 bits per heavy atom. The van der Waals surface area contributed by atoms with Crippen molar-refractivity contribution in [2.24, 2.45) is 10.7 Å². The van der Waals surface area contributed by atoms with Crippen molar-refractivity contribution in [1.29, 1.82) is 0 Å². The van der Waals surface area contributed by atoms with E-state index in [1.54, 1.807) is 0 Å². The normalized spacial score (nSPS) is 11.5. The van der Waals surface area contributed by atoms with Gasteiger partial charge in [-0.25, -0.2) is 0 Å². The van der Waals surface area contributed by atoms with E-state index in [-0.39, 0.29) is 0 Å². The monoisotopic (exact) mass is 255 g/mol. The molecule has 0 aromatic heterocycles. The third kappa shape index (κ3) is 2.73. The molecule has 1 aromatic rings. The van der Waals surface area contributed by atoms with Crippen LogP contribution in [-0.4, -0.2) is 12.5 Å². The summed E-state index contributed by atoms with van der Waals surface area (Å²) in [6.07, 6.45) is 0. The van der Waals surface area contributed by atoms with Gasteiger partial charge >= 0.3 is 0 Å². The predicted octanol–water partition coefficient (Wildman–Crippen LogP) is 2.50. The molecule has 0 saturated carbocycles. The highest BCUT2D eigenvalue weighted by molar-refractivity contribution is 9.10. The Morgan fingerprint density at radius 1 is 1.57 bits per heavy atom. The van der Waals surface area contributed by atoms with E-state index in [0.29, 0.717) is 12.5 Å². The summed E-state index contributed by atoms with van der Waals surface area (Å²) in [7, 11) is 0. The number of anilines is 1. The van der Waals surface area contributed by atoms with Crippen LogP contribution in [0.2, 0.25) is 0 Å². The van der Waals surface area contributed by atoms with Crippen molar-refractivity contribution < 1.29 is 0 Å². The summed E-state index contributed by atoms with van der Waals surface area (Å²) >= 11 is 3.49. The van der Waals surface area contributed by atoms with Gasteiger partial charge in [-0.2, -0.15) is 0 Å². The summed E-state index contributed by atoms with van der Waals surface area (Å²) in [6, 6.07) is 5.96. The fraction of sp³-hybridized carbons (Fsp3) is 0.300. The van der Waals surface area contributed by atoms with E-state index in [0.717, 1.165) is 10.2 Å². The van der Waals surface area contributed by atoms with E-state index >= 15 is 0 Å². The van der Waals surface area contributed by atoms with Crippen molar-refractivity contribution in [3.05, 3.63) is 28.2 Å². The zero-order chi connectivity index (χ0) is 10.6. The maximum absolute atomic E-state index is 5.65. The fourth-order valence-corrected chi connectivity index (χ4v) is 1.46. The fourth-order valence-electron chi connectivity index (χ4n) is 1.09. The summed E-state index contributed by atoms with van der Waals surface area (Å²) < 4.78 is 1.02. The van der Waals surface area contributed by atoms with Gasteiger partial charge in [0.25, 0.3) is 0 Å². The predicted molar refractivity (Wildman–Crippen MR) is 64.7 cm³/mol. The molecule has 0 aliphatic carbocycles. The minimum Gasteiger partial charge on any atom is -0.370 e. The molecule has 0 amide bonds. The molecule has 1 rings (SSSR count). The highest BCUT2D eigenvalue weighted by atomic mass is 79.9. The van der Waals surface area contributed by atoms with Crippen LogP contribution < -0.4 is 11.1 Å². The first-order chi connectivity index (χ1) is 6.65. The molecule has 0 aliphatic heterocycles. The molecule has 4 heteroatoms. The minimum atomic E-state index is 0.443. The second-order valence-corrected chi connectivity index (χ2v) is 3.71. The third-order valence-electron chi connectivity index (χ3n) is 1.78. The quantitative estimate of drug-likeness (QED) is 0.631. The van der Waals surface area contributed by atoms with E-state index in [1.807, 2.05) is 32.0 Å². The van der Waals surface area contributed by atoms with Crippen molar-refractivity contribution in [1.82, 2.24) is 0 Å². The van der Waals surface area contributed by atoms with Gasteiger partial charge in [-0.1, -0.05) is 12.1 Å². The van der Waals surface area contributed by atoms with Crippen LogP contribution in [0.1, 0.15) is 12.5 Å². The Hall–Kier alpha value is -1.03. The zero-order valence-electron chi connectivity index (χ0n) is 8.34. The molecular formula is C10H14BrN3. The summed E-state index contributed by atoms with van der Waals surface area (Å²) in [5.74, 6) is 0.443. The van der Waals surface area contributed by atoms with Gasteiger partial charge in [-0.3, -0.25) is 4.99 Å². The van der Waals surface area contributed by atoms with E-state index in [4.69, 9.17) is 5.73 Å². The second-order valence-electron chi connectivity index (χ2n) is 2.92. The Morgan fingerprint density at radius 3 is 2.93 bits per heavy atom. The topological polar surface area (TPSA) is 50.4 Å². The molecule has 0 heterocycles. The average Bonchev–Trinajstić information content (AvgIpc) is 2.13. The first kappa shape index (κ1) is 11.0. The molecule has 0 atom stereocenters. The minimum absolute atomic E-state index is 0.443. The highest BCUT2D eigenvalue weighted by Gasteiger charge is 2.02. The Balaban J connectivity index is 2.87. The van der Waals surface area contributed by atoms with Crippen molar-refractivity contribution in [2.75, 3.05) is 11.9 Å². The van der Waals surface area contributed by atoms with E-state index in [1.165, 1.54) is 5.56 Å². The molecule has 76 valence electrons. The average molecular weight is 256 g/mol. The molecule has 1 aromatic carbocycles. The van der Waals surface area contributed by atoms with E-state index in [2.05, 4.69) is 26.2 Å².